The Bertz CT molecular complexity index is 239. The van der Waals surface area contributed by atoms with Gasteiger partial charge in [0.1, 0.15) is 0 Å². The third-order valence-corrected chi connectivity index (χ3v) is 3.31. The van der Waals surface area contributed by atoms with E-state index in [-0.39, 0.29) is 6.10 Å². The van der Waals surface area contributed by atoms with Crippen molar-refractivity contribution < 1.29 is 4.74 Å². The second-order valence-corrected chi connectivity index (χ2v) is 5.58. The predicted molar refractivity (Wildman–Crippen MR) is 68.4 cm³/mol. The largest absolute Gasteiger partial charge is 0.379 e. The lowest BCUT2D eigenvalue weighted by Crippen LogP contribution is -2.40. The van der Waals surface area contributed by atoms with E-state index in [4.69, 9.17) is 10.5 Å². The van der Waals surface area contributed by atoms with Gasteiger partial charge in [-0.15, -0.1) is 0 Å². The van der Waals surface area contributed by atoms with Crippen LogP contribution in [0.25, 0.3) is 0 Å². The van der Waals surface area contributed by atoms with E-state index in [9.17, 15) is 0 Å². The SMILES string of the molecule is COC(CN)CN1CC=C(C(C)(C)C)CC1. The third-order valence-electron chi connectivity index (χ3n) is 3.31. The summed E-state index contributed by atoms with van der Waals surface area (Å²) in [7, 11) is 1.73. The molecule has 3 heteroatoms. The number of rotatable bonds is 4. The zero-order chi connectivity index (χ0) is 12.2. The zero-order valence-corrected chi connectivity index (χ0v) is 11.1. The van der Waals surface area contributed by atoms with E-state index in [0.29, 0.717) is 12.0 Å². The van der Waals surface area contributed by atoms with Crippen molar-refractivity contribution in [1.29, 1.82) is 0 Å². The molecular formula is C13H26N2O. The molecular weight excluding hydrogens is 200 g/mol. The maximum absolute atomic E-state index is 5.63. The quantitative estimate of drug-likeness (QED) is 0.741. The summed E-state index contributed by atoms with van der Waals surface area (Å²) in [5, 5.41) is 0. The Kier molecular flexibility index (Phi) is 4.96. The number of hydrogen-bond acceptors (Lipinski definition) is 3. The molecule has 94 valence electrons. The van der Waals surface area contributed by atoms with Crippen LogP contribution in [0.4, 0.5) is 0 Å². The van der Waals surface area contributed by atoms with Gasteiger partial charge in [0, 0.05) is 33.3 Å². The molecule has 0 radical (unpaired) electrons. The first-order chi connectivity index (χ1) is 7.47. The minimum atomic E-state index is 0.171. The number of nitrogens with two attached hydrogens (primary N) is 1. The molecule has 0 spiro atoms. The Morgan fingerprint density at radius 2 is 2.19 bits per heavy atom. The van der Waals surface area contributed by atoms with Crippen LogP contribution in [-0.2, 0) is 4.74 Å². The van der Waals surface area contributed by atoms with E-state index in [0.717, 1.165) is 19.6 Å². The predicted octanol–water partition coefficient (Wildman–Crippen LogP) is 1.64. The van der Waals surface area contributed by atoms with E-state index in [1.54, 1.807) is 12.7 Å². The molecule has 3 nitrogen and oxygen atoms in total. The van der Waals surface area contributed by atoms with E-state index in [2.05, 4.69) is 31.7 Å². The number of methoxy groups -OCH3 is 1. The fourth-order valence-electron chi connectivity index (χ4n) is 2.09. The Hall–Kier alpha value is -0.380. The van der Waals surface area contributed by atoms with Crippen LogP contribution >= 0.6 is 0 Å². The fourth-order valence-corrected chi connectivity index (χ4v) is 2.09. The van der Waals surface area contributed by atoms with Crippen molar-refractivity contribution in [2.45, 2.75) is 33.3 Å². The molecule has 0 aliphatic carbocycles. The minimum Gasteiger partial charge on any atom is -0.379 e. The molecule has 0 fully saturated rings. The van der Waals surface area contributed by atoms with E-state index >= 15 is 0 Å². The summed E-state index contributed by atoms with van der Waals surface area (Å²) in [6.45, 7) is 10.6. The molecule has 2 N–H and O–H groups in total. The van der Waals surface area contributed by atoms with Gasteiger partial charge in [-0.2, -0.15) is 0 Å². The molecule has 1 aliphatic heterocycles. The van der Waals surface area contributed by atoms with Crippen molar-refractivity contribution in [2.75, 3.05) is 33.3 Å². The molecule has 1 heterocycles. The van der Waals surface area contributed by atoms with Crippen molar-refractivity contribution >= 4 is 0 Å². The molecule has 0 aromatic heterocycles. The number of nitrogens with zero attached hydrogens (tertiary/aromatic N) is 1. The summed E-state index contributed by atoms with van der Waals surface area (Å²) in [6.07, 6.45) is 3.71. The minimum absolute atomic E-state index is 0.171. The lowest BCUT2D eigenvalue weighted by atomic mass is 9.83. The lowest BCUT2D eigenvalue weighted by molar-refractivity contribution is 0.0718. The summed E-state index contributed by atoms with van der Waals surface area (Å²) in [4.78, 5) is 2.41. The summed E-state index contributed by atoms with van der Waals surface area (Å²) >= 11 is 0. The first-order valence-corrected chi connectivity index (χ1v) is 6.12. The lowest BCUT2D eigenvalue weighted by Gasteiger charge is -2.33. The Morgan fingerprint density at radius 3 is 2.56 bits per heavy atom. The molecule has 1 unspecified atom stereocenters. The van der Waals surface area contributed by atoms with Crippen LogP contribution in [0.1, 0.15) is 27.2 Å². The van der Waals surface area contributed by atoms with Crippen molar-refractivity contribution in [1.82, 2.24) is 4.90 Å². The summed E-state index contributed by atoms with van der Waals surface area (Å²) in [6, 6.07) is 0. The molecule has 0 amide bonds. The van der Waals surface area contributed by atoms with E-state index in [1.165, 1.54) is 6.42 Å². The normalized spacial score (nSPS) is 20.7. The highest BCUT2D eigenvalue weighted by Gasteiger charge is 2.22. The molecule has 0 saturated heterocycles. The first kappa shape index (κ1) is 13.7. The van der Waals surface area contributed by atoms with Crippen LogP contribution in [-0.4, -0.2) is 44.3 Å². The third kappa shape index (κ3) is 3.89. The average molecular weight is 226 g/mol. The van der Waals surface area contributed by atoms with Crippen LogP contribution in [0.5, 0.6) is 0 Å². The smallest absolute Gasteiger partial charge is 0.0820 e. The van der Waals surface area contributed by atoms with Gasteiger partial charge in [0.15, 0.2) is 0 Å². The molecule has 1 rings (SSSR count). The first-order valence-electron chi connectivity index (χ1n) is 6.12. The van der Waals surface area contributed by atoms with Crippen molar-refractivity contribution in [3.8, 4) is 0 Å². The number of hydrogen-bond donors (Lipinski definition) is 1. The second-order valence-electron chi connectivity index (χ2n) is 5.58. The standard InChI is InChI=1S/C13H26N2O/c1-13(2,3)11-5-7-15(8-6-11)10-12(9-14)16-4/h5,12H,6-10,14H2,1-4H3. The van der Waals surface area contributed by atoms with Crippen molar-refractivity contribution in [3.63, 3.8) is 0 Å². The van der Waals surface area contributed by atoms with Gasteiger partial charge in [-0.1, -0.05) is 32.4 Å². The Balaban J connectivity index is 2.45. The van der Waals surface area contributed by atoms with Gasteiger partial charge in [0.05, 0.1) is 6.10 Å². The molecule has 1 aliphatic rings. The highest BCUT2D eigenvalue weighted by molar-refractivity contribution is 5.14. The molecule has 0 aromatic carbocycles. The second kappa shape index (κ2) is 5.80. The highest BCUT2D eigenvalue weighted by atomic mass is 16.5. The van der Waals surface area contributed by atoms with Crippen LogP contribution < -0.4 is 5.73 Å². The summed E-state index contributed by atoms with van der Waals surface area (Å²) in [5.74, 6) is 0. The number of ether oxygens (including phenoxy) is 1. The van der Waals surface area contributed by atoms with Gasteiger partial charge in [0.25, 0.3) is 0 Å². The van der Waals surface area contributed by atoms with Crippen LogP contribution in [0.15, 0.2) is 11.6 Å². The van der Waals surface area contributed by atoms with Gasteiger partial charge in [-0.25, -0.2) is 0 Å². The fraction of sp³-hybridized carbons (Fsp3) is 0.846. The van der Waals surface area contributed by atoms with Crippen LogP contribution in [0.3, 0.4) is 0 Å². The van der Waals surface area contributed by atoms with Crippen LogP contribution in [0.2, 0.25) is 0 Å². The van der Waals surface area contributed by atoms with Gasteiger partial charge in [-0.05, 0) is 11.8 Å². The van der Waals surface area contributed by atoms with Gasteiger partial charge in [-0.3, -0.25) is 4.90 Å². The maximum Gasteiger partial charge on any atom is 0.0820 e. The monoisotopic (exact) mass is 226 g/mol. The van der Waals surface area contributed by atoms with E-state index in [1.807, 2.05) is 0 Å². The Labute approximate surface area is 99.6 Å². The highest BCUT2D eigenvalue weighted by Crippen LogP contribution is 2.29. The van der Waals surface area contributed by atoms with Crippen molar-refractivity contribution in [2.24, 2.45) is 11.1 Å². The van der Waals surface area contributed by atoms with Gasteiger partial charge in [0.2, 0.25) is 0 Å². The summed E-state index contributed by atoms with van der Waals surface area (Å²) < 4.78 is 5.31. The molecule has 0 aromatic rings. The molecule has 0 saturated carbocycles. The van der Waals surface area contributed by atoms with Crippen molar-refractivity contribution in [3.05, 3.63) is 11.6 Å². The zero-order valence-electron chi connectivity index (χ0n) is 11.1. The average Bonchev–Trinajstić information content (AvgIpc) is 2.25. The molecule has 16 heavy (non-hydrogen) atoms. The molecule has 1 atom stereocenters. The topological polar surface area (TPSA) is 38.5 Å². The van der Waals surface area contributed by atoms with Gasteiger partial charge >= 0.3 is 0 Å². The maximum atomic E-state index is 5.63. The Morgan fingerprint density at radius 1 is 1.50 bits per heavy atom. The van der Waals surface area contributed by atoms with Gasteiger partial charge < -0.3 is 10.5 Å². The summed E-state index contributed by atoms with van der Waals surface area (Å²) in [5.41, 5.74) is 7.52. The van der Waals surface area contributed by atoms with E-state index < -0.39 is 0 Å². The molecule has 0 bridgehead atoms. The van der Waals surface area contributed by atoms with Crippen LogP contribution in [0, 0.1) is 5.41 Å².